The Kier molecular flexibility index (Phi) is 7.99. The van der Waals surface area contributed by atoms with Crippen molar-refractivity contribution in [3.8, 4) is 5.75 Å². The smallest absolute Gasteiger partial charge is 0.191 e. The highest BCUT2D eigenvalue weighted by Gasteiger charge is 2.43. The van der Waals surface area contributed by atoms with E-state index in [9.17, 15) is 0 Å². The number of guanidine groups is 1. The number of hydrogen-bond donors (Lipinski definition) is 2. The molecule has 2 fully saturated rings. The van der Waals surface area contributed by atoms with Crippen molar-refractivity contribution >= 4 is 29.9 Å². The Morgan fingerprint density at radius 3 is 2.78 bits per heavy atom. The molecular formula is C25H34IN3O3. The summed E-state index contributed by atoms with van der Waals surface area (Å²) in [6.45, 7) is 3.22. The summed E-state index contributed by atoms with van der Waals surface area (Å²) in [4.78, 5) is 4.95. The Bertz CT molecular complexity index is 874. The first kappa shape index (κ1) is 23.4. The number of nitrogens with one attached hydrogen (secondary N) is 2. The molecule has 7 heteroatoms. The van der Waals surface area contributed by atoms with Gasteiger partial charge >= 0.3 is 0 Å². The maximum Gasteiger partial charge on any atom is 0.191 e. The van der Waals surface area contributed by atoms with Crippen LogP contribution in [-0.2, 0) is 11.2 Å². The molecule has 0 radical (unpaired) electrons. The number of fused-ring (bicyclic) bond motifs is 1. The van der Waals surface area contributed by atoms with E-state index in [1.165, 1.54) is 18.4 Å². The zero-order valence-corrected chi connectivity index (χ0v) is 20.9. The summed E-state index contributed by atoms with van der Waals surface area (Å²) in [5.74, 6) is 3.38. The van der Waals surface area contributed by atoms with Crippen LogP contribution in [0.15, 0.2) is 52.1 Å². The van der Waals surface area contributed by atoms with Crippen LogP contribution >= 0.6 is 24.0 Å². The number of halogens is 1. The molecule has 1 saturated carbocycles. The number of rotatable bonds is 6. The van der Waals surface area contributed by atoms with Crippen molar-refractivity contribution in [3.05, 3.63) is 54.0 Å². The van der Waals surface area contributed by atoms with Crippen molar-refractivity contribution in [2.45, 2.75) is 56.6 Å². The van der Waals surface area contributed by atoms with Gasteiger partial charge in [-0.3, -0.25) is 4.99 Å². The van der Waals surface area contributed by atoms with E-state index in [-0.39, 0.29) is 35.6 Å². The van der Waals surface area contributed by atoms with Crippen LogP contribution in [0.25, 0.3) is 0 Å². The Hall–Kier alpha value is -1.74. The van der Waals surface area contributed by atoms with Gasteiger partial charge < -0.3 is 24.5 Å². The largest absolute Gasteiger partial charge is 0.487 e. The molecule has 174 valence electrons. The molecule has 2 atom stereocenters. The minimum atomic E-state index is -0.0371. The van der Waals surface area contributed by atoms with E-state index in [1.54, 1.807) is 6.26 Å². The van der Waals surface area contributed by atoms with Crippen molar-refractivity contribution in [1.29, 1.82) is 0 Å². The van der Waals surface area contributed by atoms with Gasteiger partial charge in [0.15, 0.2) is 5.96 Å². The fourth-order valence-electron chi connectivity index (χ4n) is 5.10. The van der Waals surface area contributed by atoms with Gasteiger partial charge in [-0.25, -0.2) is 0 Å². The van der Waals surface area contributed by atoms with Crippen LogP contribution in [0.3, 0.4) is 0 Å². The molecule has 1 aromatic heterocycles. The van der Waals surface area contributed by atoms with Crippen LogP contribution in [0.4, 0.5) is 0 Å². The third-order valence-corrected chi connectivity index (χ3v) is 6.80. The first-order chi connectivity index (χ1) is 15.3. The van der Waals surface area contributed by atoms with Gasteiger partial charge in [-0.2, -0.15) is 0 Å². The molecule has 0 bridgehead atoms. The molecule has 2 N–H and O–H groups in total. The molecule has 1 saturated heterocycles. The Morgan fingerprint density at radius 2 is 2.00 bits per heavy atom. The van der Waals surface area contributed by atoms with E-state index < -0.39 is 0 Å². The first-order valence-electron chi connectivity index (χ1n) is 11.7. The van der Waals surface area contributed by atoms with Gasteiger partial charge in [-0.05, 0) is 50.3 Å². The second-order valence-electron chi connectivity index (χ2n) is 9.11. The van der Waals surface area contributed by atoms with Crippen LogP contribution in [0.2, 0.25) is 0 Å². The second-order valence-corrected chi connectivity index (χ2v) is 9.11. The number of aliphatic imine (C=N–C) groups is 1. The van der Waals surface area contributed by atoms with Gasteiger partial charge in [0.2, 0.25) is 0 Å². The third kappa shape index (κ3) is 5.60. The lowest BCUT2D eigenvalue weighted by Crippen LogP contribution is -2.47. The van der Waals surface area contributed by atoms with Gasteiger partial charge in [0, 0.05) is 44.0 Å². The predicted molar refractivity (Wildman–Crippen MR) is 136 cm³/mol. The highest BCUT2D eigenvalue weighted by molar-refractivity contribution is 14.0. The molecule has 1 spiro atoms. The van der Waals surface area contributed by atoms with Gasteiger partial charge in [0.05, 0.1) is 18.9 Å². The number of hydrogen-bond acceptors (Lipinski definition) is 4. The summed E-state index contributed by atoms with van der Waals surface area (Å²) < 4.78 is 17.6. The minimum Gasteiger partial charge on any atom is -0.487 e. The predicted octanol–water partition coefficient (Wildman–Crippen LogP) is 4.85. The molecule has 6 nitrogen and oxygen atoms in total. The molecule has 32 heavy (non-hydrogen) atoms. The monoisotopic (exact) mass is 551 g/mol. The number of furan rings is 1. The molecular weight excluding hydrogens is 517 g/mol. The highest BCUT2D eigenvalue weighted by atomic mass is 127. The summed E-state index contributed by atoms with van der Waals surface area (Å²) in [5, 5.41) is 7.29. The fourth-order valence-corrected chi connectivity index (χ4v) is 5.10. The Labute approximate surface area is 207 Å². The normalized spacial score (nSPS) is 23.9. The van der Waals surface area contributed by atoms with E-state index >= 15 is 0 Å². The lowest BCUT2D eigenvalue weighted by molar-refractivity contribution is 0.0396. The van der Waals surface area contributed by atoms with E-state index in [0.717, 1.165) is 75.9 Å². The maximum atomic E-state index is 6.53. The third-order valence-electron chi connectivity index (χ3n) is 6.80. The summed E-state index contributed by atoms with van der Waals surface area (Å²) in [7, 11) is 0. The zero-order valence-electron chi connectivity index (χ0n) is 18.6. The van der Waals surface area contributed by atoms with Gasteiger partial charge in [0.1, 0.15) is 17.1 Å². The zero-order chi connectivity index (χ0) is 20.9. The van der Waals surface area contributed by atoms with Crippen molar-refractivity contribution in [3.63, 3.8) is 0 Å². The van der Waals surface area contributed by atoms with Gasteiger partial charge in [0.25, 0.3) is 0 Å². The van der Waals surface area contributed by atoms with Crippen molar-refractivity contribution in [2.24, 2.45) is 10.9 Å². The molecule has 2 unspecified atom stereocenters. The first-order valence-corrected chi connectivity index (χ1v) is 11.7. The van der Waals surface area contributed by atoms with E-state index in [2.05, 4.69) is 34.9 Å². The van der Waals surface area contributed by atoms with Crippen molar-refractivity contribution < 1.29 is 13.9 Å². The average Bonchev–Trinajstić information content (AvgIpc) is 3.56. The highest BCUT2D eigenvalue weighted by Crippen LogP contribution is 2.46. The van der Waals surface area contributed by atoms with Crippen molar-refractivity contribution in [2.75, 3.05) is 26.3 Å². The summed E-state index contributed by atoms with van der Waals surface area (Å²) >= 11 is 0. The Balaban J connectivity index is 0.00000245. The van der Waals surface area contributed by atoms with Gasteiger partial charge in [-0.1, -0.05) is 18.2 Å². The molecule has 5 rings (SSSR count). The number of nitrogens with zero attached hydrogens (tertiary/aromatic N) is 1. The minimum absolute atomic E-state index is 0. The molecule has 0 amide bonds. The number of ether oxygens (including phenoxy) is 2. The second kappa shape index (κ2) is 10.9. The summed E-state index contributed by atoms with van der Waals surface area (Å²) in [6, 6.07) is 12.6. The SMILES string of the molecule is I.c1coc(CCNC(=NCC2CCOC2)NC2CC3(CCCC3)Oc3ccccc32)c1. The molecule has 1 aliphatic carbocycles. The lowest BCUT2D eigenvalue weighted by atomic mass is 9.86. The van der Waals surface area contributed by atoms with Crippen LogP contribution < -0.4 is 15.4 Å². The summed E-state index contributed by atoms with van der Waals surface area (Å²) in [6.07, 6.45) is 9.39. The van der Waals surface area contributed by atoms with Crippen molar-refractivity contribution in [1.82, 2.24) is 10.6 Å². The van der Waals surface area contributed by atoms with E-state index in [1.807, 2.05) is 12.1 Å². The van der Waals surface area contributed by atoms with E-state index in [0.29, 0.717) is 5.92 Å². The molecule has 3 aliphatic rings. The molecule has 2 aliphatic heterocycles. The van der Waals surface area contributed by atoms with Crippen LogP contribution in [0, 0.1) is 5.92 Å². The van der Waals surface area contributed by atoms with Crippen LogP contribution in [-0.4, -0.2) is 37.9 Å². The van der Waals surface area contributed by atoms with Crippen LogP contribution in [0.1, 0.15) is 55.9 Å². The molecule has 2 aromatic rings. The van der Waals surface area contributed by atoms with Crippen LogP contribution in [0.5, 0.6) is 5.75 Å². The lowest BCUT2D eigenvalue weighted by Gasteiger charge is -2.40. The quantitative estimate of drug-likeness (QED) is 0.306. The molecule has 1 aromatic carbocycles. The Morgan fingerprint density at radius 1 is 1.12 bits per heavy atom. The van der Waals surface area contributed by atoms with E-state index in [4.69, 9.17) is 18.9 Å². The standard InChI is InChI=1S/C25H33N3O3.HI/c1-2-8-23-21(7-1)22(16-25(31-23)11-3-4-12-25)28-24(27-17-19-10-15-29-18-19)26-13-9-20-6-5-14-30-20;/h1-2,5-8,14,19,22H,3-4,9-13,15-18H2,(H2,26,27,28);1H. The maximum absolute atomic E-state index is 6.53. The summed E-state index contributed by atoms with van der Waals surface area (Å²) in [5.41, 5.74) is 1.19. The number of para-hydroxylation sites is 1. The average molecular weight is 551 g/mol. The number of benzene rings is 1. The fraction of sp³-hybridized carbons (Fsp3) is 0.560. The molecule has 3 heterocycles. The van der Waals surface area contributed by atoms with Gasteiger partial charge in [-0.15, -0.1) is 24.0 Å². The topological polar surface area (TPSA) is 68.0 Å².